The maximum Gasteiger partial charge on any atom is 0.289 e. The van der Waals surface area contributed by atoms with Gasteiger partial charge >= 0.3 is 0 Å². The summed E-state index contributed by atoms with van der Waals surface area (Å²) in [4.78, 5) is 14.3. The second-order valence-corrected chi connectivity index (χ2v) is 6.31. The quantitative estimate of drug-likeness (QED) is 0.642. The third-order valence-corrected chi connectivity index (χ3v) is 4.30. The molecule has 0 fully saturated rings. The predicted molar refractivity (Wildman–Crippen MR) is 93.2 cm³/mol. The molecule has 23 heavy (non-hydrogen) atoms. The molecule has 2 aromatic carbocycles. The minimum Gasteiger partial charge on any atom is -0.449 e. The predicted octanol–water partition coefficient (Wildman–Crippen LogP) is 5.32. The Bertz CT molecular complexity index is 886. The molecule has 0 atom stereocenters. The SMILES string of the molecule is Cc1c(C(=O)N(C)Cc2cccc(Cl)c2)oc2c(Cl)cccc12. The van der Waals surface area contributed by atoms with E-state index in [4.69, 9.17) is 27.6 Å². The molecule has 3 rings (SSSR count). The number of hydrogen-bond donors (Lipinski definition) is 0. The number of fused-ring (bicyclic) bond motifs is 1. The van der Waals surface area contributed by atoms with Crippen molar-refractivity contribution in [1.82, 2.24) is 4.90 Å². The number of benzene rings is 2. The van der Waals surface area contributed by atoms with Gasteiger partial charge in [-0.3, -0.25) is 4.79 Å². The van der Waals surface area contributed by atoms with E-state index in [2.05, 4.69) is 0 Å². The summed E-state index contributed by atoms with van der Waals surface area (Å²) in [6, 6.07) is 12.9. The van der Waals surface area contributed by atoms with Crippen molar-refractivity contribution in [3.05, 3.63) is 69.4 Å². The van der Waals surface area contributed by atoms with Crippen LogP contribution in [0.2, 0.25) is 10.0 Å². The third-order valence-electron chi connectivity index (χ3n) is 3.77. The van der Waals surface area contributed by atoms with Gasteiger partial charge in [0.1, 0.15) is 0 Å². The summed E-state index contributed by atoms with van der Waals surface area (Å²) in [5.74, 6) is 0.132. The Morgan fingerprint density at radius 1 is 1.17 bits per heavy atom. The highest BCUT2D eigenvalue weighted by molar-refractivity contribution is 6.35. The highest BCUT2D eigenvalue weighted by Gasteiger charge is 2.22. The fourth-order valence-electron chi connectivity index (χ4n) is 2.57. The molecule has 0 radical (unpaired) electrons. The van der Waals surface area contributed by atoms with E-state index in [1.807, 2.05) is 37.3 Å². The molecule has 1 heterocycles. The number of nitrogens with zero attached hydrogens (tertiary/aromatic N) is 1. The minimum absolute atomic E-state index is 0.185. The zero-order valence-corrected chi connectivity index (χ0v) is 14.3. The van der Waals surface area contributed by atoms with E-state index in [9.17, 15) is 4.79 Å². The van der Waals surface area contributed by atoms with Crippen LogP contribution in [0.3, 0.4) is 0 Å². The van der Waals surface area contributed by atoms with Crippen molar-refractivity contribution in [3.8, 4) is 0 Å². The van der Waals surface area contributed by atoms with Crippen molar-refractivity contribution >= 4 is 40.1 Å². The first-order valence-corrected chi connectivity index (χ1v) is 7.90. The summed E-state index contributed by atoms with van der Waals surface area (Å²) in [7, 11) is 1.73. The second kappa shape index (κ2) is 6.26. The molecule has 0 aliphatic carbocycles. The molecular weight excluding hydrogens is 333 g/mol. The largest absolute Gasteiger partial charge is 0.449 e. The Labute approximate surface area is 144 Å². The van der Waals surface area contributed by atoms with Gasteiger partial charge in [-0.2, -0.15) is 0 Å². The van der Waals surface area contributed by atoms with Gasteiger partial charge in [-0.05, 0) is 30.7 Å². The van der Waals surface area contributed by atoms with Crippen LogP contribution in [0.25, 0.3) is 11.0 Å². The van der Waals surface area contributed by atoms with E-state index in [1.165, 1.54) is 0 Å². The summed E-state index contributed by atoms with van der Waals surface area (Å²) in [5, 5.41) is 2.01. The van der Waals surface area contributed by atoms with Crippen LogP contribution < -0.4 is 0 Å². The number of para-hydroxylation sites is 1. The molecule has 0 unspecified atom stereocenters. The van der Waals surface area contributed by atoms with Crippen molar-refractivity contribution in [2.24, 2.45) is 0 Å². The Balaban J connectivity index is 1.91. The highest BCUT2D eigenvalue weighted by atomic mass is 35.5. The van der Waals surface area contributed by atoms with Crippen LogP contribution in [0, 0.1) is 6.92 Å². The summed E-state index contributed by atoms with van der Waals surface area (Å²) in [5.41, 5.74) is 2.30. The number of carbonyl (C=O) groups excluding carboxylic acids is 1. The van der Waals surface area contributed by atoms with E-state index in [0.29, 0.717) is 27.9 Å². The van der Waals surface area contributed by atoms with E-state index < -0.39 is 0 Å². The molecule has 118 valence electrons. The van der Waals surface area contributed by atoms with Crippen molar-refractivity contribution in [3.63, 3.8) is 0 Å². The first-order valence-electron chi connectivity index (χ1n) is 7.15. The van der Waals surface area contributed by atoms with Gasteiger partial charge in [0.05, 0.1) is 5.02 Å². The molecule has 0 bridgehead atoms. The molecular formula is C18H15Cl2NO2. The molecule has 1 aromatic heterocycles. The minimum atomic E-state index is -0.185. The molecule has 0 N–H and O–H groups in total. The lowest BCUT2D eigenvalue weighted by Gasteiger charge is -2.16. The fraction of sp³-hybridized carbons (Fsp3) is 0.167. The second-order valence-electron chi connectivity index (χ2n) is 5.46. The zero-order chi connectivity index (χ0) is 16.6. The Morgan fingerprint density at radius 3 is 2.61 bits per heavy atom. The Morgan fingerprint density at radius 2 is 1.91 bits per heavy atom. The van der Waals surface area contributed by atoms with Gasteiger partial charge in [0.15, 0.2) is 11.3 Å². The molecule has 0 saturated heterocycles. The lowest BCUT2D eigenvalue weighted by atomic mass is 10.1. The topological polar surface area (TPSA) is 33.5 Å². The average molecular weight is 348 g/mol. The van der Waals surface area contributed by atoms with Crippen molar-refractivity contribution in [2.75, 3.05) is 7.05 Å². The monoisotopic (exact) mass is 347 g/mol. The van der Waals surface area contributed by atoms with Crippen molar-refractivity contribution in [1.29, 1.82) is 0 Å². The highest BCUT2D eigenvalue weighted by Crippen LogP contribution is 2.31. The molecule has 3 nitrogen and oxygen atoms in total. The first-order chi connectivity index (χ1) is 11.0. The molecule has 5 heteroatoms. The molecule has 1 amide bonds. The van der Waals surface area contributed by atoms with Crippen LogP contribution in [0.1, 0.15) is 21.7 Å². The van der Waals surface area contributed by atoms with E-state index in [1.54, 1.807) is 24.1 Å². The maximum atomic E-state index is 12.7. The smallest absolute Gasteiger partial charge is 0.289 e. The van der Waals surface area contributed by atoms with Crippen molar-refractivity contribution in [2.45, 2.75) is 13.5 Å². The van der Waals surface area contributed by atoms with Crippen LogP contribution in [0.4, 0.5) is 0 Å². The lowest BCUT2D eigenvalue weighted by molar-refractivity contribution is 0.0755. The van der Waals surface area contributed by atoms with Crippen LogP contribution >= 0.6 is 23.2 Å². The fourth-order valence-corrected chi connectivity index (χ4v) is 2.99. The summed E-state index contributed by atoms with van der Waals surface area (Å²) in [6.07, 6.45) is 0. The molecule has 0 spiro atoms. The van der Waals surface area contributed by atoms with E-state index in [0.717, 1.165) is 16.5 Å². The van der Waals surface area contributed by atoms with Gasteiger partial charge in [0.25, 0.3) is 5.91 Å². The normalized spacial score (nSPS) is 11.0. The van der Waals surface area contributed by atoms with Gasteiger partial charge in [-0.1, -0.05) is 47.5 Å². The number of carbonyl (C=O) groups is 1. The lowest BCUT2D eigenvalue weighted by Crippen LogP contribution is -2.26. The van der Waals surface area contributed by atoms with Crippen LogP contribution in [0.5, 0.6) is 0 Å². The van der Waals surface area contributed by atoms with Gasteiger partial charge in [0, 0.05) is 29.6 Å². The summed E-state index contributed by atoms with van der Waals surface area (Å²) < 4.78 is 5.72. The molecule has 3 aromatic rings. The number of hydrogen-bond acceptors (Lipinski definition) is 2. The van der Waals surface area contributed by atoms with Gasteiger partial charge < -0.3 is 9.32 Å². The maximum absolute atomic E-state index is 12.7. The van der Waals surface area contributed by atoms with Crippen molar-refractivity contribution < 1.29 is 9.21 Å². The number of rotatable bonds is 3. The molecule has 0 aliphatic rings. The van der Waals surface area contributed by atoms with Gasteiger partial charge in [-0.15, -0.1) is 0 Å². The molecule has 0 aliphatic heterocycles. The number of aryl methyl sites for hydroxylation is 1. The van der Waals surface area contributed by atoms with E-state index in [-0.39, 0.29) is 5.91 Å². The standard InChI is InChI=1S/C18H15Cl2NO2/c1-11-14-7-4-8-15(20)17(14)23-16(11)18(22)21(2)10-12-5-3-6-13(19)9-12/h3-9H,10H2,1-2H3. The van der Waals surface area contributed by atoms with E-state index >= 15 is 0 Å². The third kappa shape index (κ3) is 3.07. The molecule has 0 saturated carbocycles. The zero-order valence-electron chi connectivity index (χ0n) is 12.8. The summed E-state index contributed by atoms with van der Waals surface area (Å²) >= 11 is 12.1. The average Bonchev–Trinajstić information content (AvgIpc) is 2.85. The van der Waals surface area contributed by atoms with Gasteiger partial charge in [0.2, 0.25) is 0 Å². The Kier molecular flexibility index (Phi) is 4.33. The number of amides is 1. The number of halogens is 2. The summed E-state index contributed by atoms with van der Waals surface area (Å²) in [6.45, 7) is 2.31. The van der Waals surface area contributed by atoms with Crippen LogP contribution in [0.15, 0.2) is 46.9 Å². The van der Waals surface area contributed by atoms with Crippen LogP contribution in [-0.2, 0) is 6.54 Å². The Hall–Kier alpha value is -1.97. The van der Waals surface area contributed by atoms with Crippen LogP contribution in [-0.4, -0.2) is 17.9 Å². The number of furan rings is 1. The first kappa shape index (κ1) is 15.9. The van der Waals surface area contributed by atoms with Gasteiger partial charge in [-0.25, -0.2) is 0 Å².